The molecule has 0 bridgehead atoms. The van der Waals surface area contributed by atoms with Crippen LogP contribution in [0.4, 0.5) is 5.13 Å². The quantitative estimate of drug-likeness (QED) is 0.887. The number of thiazole rings is 1. The highest BCUT2D eigenvalue weighted by molar-refractivity contribution is 7.15. The molecular formula is C12H22N4S. The second kappa shape index (κ2) is 5.33. The molecule has 0 radical (unpaired) electrons. The third-order valence-corrected chi connectivity index (χ3v) is 4.66. The predicted molar refractivity (Wildman–Crippen MR) is 73.9 cm³/mol. The van der Waals surface area contributed by atoms with Crippen LogP contribution in [-0.4, -0.2) is 49.7 Å². The fourth-order valence-electron chi connectivity index (χ4n) is 2.18. The summed E-state index contributed by atoms with van der Waals surface area (Å²) in [4.78, 5) is 10.7. The molecule has 2 atom stereocenters. The van der Waals surface area contributed by atoms with Gasteiger partial charge in [-0.1, -0.05) is 0 Å². The summed E-state index contributed by atoms with van der Waals surface area (Å²) in [6, 6.07) is 0.946. The first-order valence-electron chi connectivity index (χ1n) is 6.20. The van der Waals surface area contributed by atoms with Gasteiger partial charge in [-0.3, -0.25) is 0 Å². The summed E-state index contributed by atoms with van der Waals surface area (Å²) in [7, 11) is 4.17. The van der Waals surface area contributed by atoms with Crippen molar-refractivity contribution in [3.8, 4) is 0 Å². The van der Waals surface area contributed by atoms with E-state index in [4.69, 9.17) is 0 Å². The Bertz CT molecular complexity index is 365. The number of anilines is 1. The molecular weight excluding hydrogens is 232 g/mol. The molecule has 0 spiro atoms. The molecule has 2 rings (SSSR count). The lowest BCUT2D eigenvalue weighted by Gasteiger charge is -2.38. The molecule has 96 valence electrons. The lowest BCUT2D eigenvalue weighted by atomic mass is 10.2. The fraction of sp³-hybridized carbons (Fsp3) is 0.750. The van der Waals surface area contributed by atoms with Crippen LogP contribution in [0.3, 0.4) is 0 Å². The molecule has 2 unspecified atom stereocenters. The van der Waals surface area contributed by atoms with Crippen LogP contribution in [0.5, 0.6) is 0 Å². The smallest absolute Gasteiger partial charge is 0.185 e. The minimum absolute atomic E-state index is 0.393. The zero-order chi connectivity index (χ0) is 12.4. The predicted octanol–water partition coefficient (Wildman–Crippen LogP) is 1.56. The van der Waals surface area contributed by atoms with Crippen LogP contribution < -0.4 is 10.2 Å². The number of aromatic nitrogens is 1. The molecule has 2 heterocycles. The first-order chi connectivity index (χ1) is 8.11. The second-order valence-corrected chi connectivity index (χ2v) is 5.90. The van der Waals surface area contributed by atoms with Gasteiger partial charge in [0, 0.05) is 42.8 Å². The van der Waals surface area contributed by atoms with Crippen molar-refractivity contribution in [2.45, 2.75) is 25.9 Å². The van der Waals surface area contributed by atoms with Gasteiger partial charge in [-0.15, -0.1) is 11.3 Å². The van der Waals surface area contributed by atoms with E-state index in [-0.39, 0.29) is 0 Å². The minimum atomic E-state index is 0.393. The first-order valence-corrected chi connectivity index (χ1v) is 7.01. The summed E-state index contributed by atoms with van der Waals surface area (Å²) in [5.74, 6) is 0. The zero-order valence-corrected chi connectivity index (χ0v) is 11.9. The Morgan fingerprint density at radius 1 is 1.53 bits per heavy atom. The van der Waals surface area contributed by atoms with Crippen LogP contribution in [-0.2, 0) is 0 Å². The SMILES string of the molecule is CNC(C)c1cnc(N2CCN(C)CC2C)s1. The Hall–Kier alpha value is -0.650. The highest BCUT2D eigenvalue weighted by Gasteiger charge is 2.24. The Morgan fingerprint density at radius 2 is 2.29 bits per heavy atom. The largest absolute Gasteiger partial charge is 0.343 e. The van der Waals surface area contributed by atoms with Gasteiger partial charge in [-0.05, 0) is 27.9 Å². The molecule has 1 saturated heterocycles. The molecule has 5 heteroatoms. The van der Waals surface area contributed by atoms with Gasteiger partial charge in [0.1, 0.15) is 0 Å². The average Bonchev–Trinajstić information content (AvgIpc) is 2.77. The van der Waals surface area contributed by atoms with E-state index in [1.54, 1.807) is 0 Å². The number of piperazine rings is 1. The molecule has 0 aliphatic carbocycles. The van der Waals surface area contributed by atoms with Crippen molar-refractivity contribution in [3.63, 3.8) is 0 Å². The van der Waals surface area contributed by atoms with E-state index in [0.29, 0.717) is 12.1 Å². The molecule has 4 nitrogen and oxygen atoms in total. The van der Waals surface area contributed by atoms with Gasteiger partial charge in [0.2, 0.25) is 0 Å². The van der Waals surface area contributed by atoms with Gasteiger partial charge in [0.05, 0.1) is 0 Å². The molecule has 17 heavy (non-hydrogen) atoms. The summed E-state index contributed by atoms with van der Waals surface area (Å²) >= 11 is 1.81. The van der Waals surface area contributed by atoms with Gasteiger partial charge >= 0.3 is 0 Å². The van der Waals surface area contributed by atoms with E-state index < -0.39 is 0 Å². The second-order valence-electron chi connectivity index (χ2n) is 4.86. The van der Waals surface area contributed by atoms with Gasteiger partial charge in [-0.25, -0.2) is 4.98 Å². The Balaban J connectivity index is 2.09. The van der Waals surface area contributed by atoms with E-state index in [2.05, 4.69) is 41.0 Å². The van der Waals surface area contributed by atoms with Gasteiger partial charge in [0.25, 0.3) is 0 Å². The third-order valence-electron chi connectivity index (χ3n) is 3.45. The Morgan fingerprint density at radius 3 is 2.94 bits per heavy atom. The maximum atomic E-state index is 4.57. The van der Waals surface area contributed by atoms with Crippen LogP contribution in [0, 0.1) is 0 Å². The van der Waals surface area contributed by atoms with Crippen LogP contribution >= 0.6 is 11.3 Å². The van der Waals surface area contributed by atoms with Crippen LogP contribution in [0.15, 0.2) is 6.20 Å². The molecule has 0 aromatic carbocycles. The Kier molecular flexibility index (Phi) is 4.01. The number of rotatable bonds is 3. The molecule has 1 N–H and O–H groups in total. The summed E-state index contributed by atoms with van der Waals surface area (Å²) in [5.41, 5.74) is 0. The van der Waals surface area contributed by atoms with E-state index in [0.717, 1.165) is 19.6 Å². The summed E-state index contributed by atoms with van der Waals surface area (Å²) in [6.45, 7) is 7.78. The average molecular weight is 254 g/mol. The number of hydrogen-bond acceptors (Lipinski definition) is 5. The fourth-order valence-corrected chi connectivity index (χ4v) is 3.28. The van der Waals surface area contributed by atoms with E-state index in [1.165, 1.54) is 10.0 Å². The molecule has 1 aromatic heterocycles. The maximum absolute atomic E-state index is 4.57. The molecule has 0 amide bonds. The lowest BCUT2D eigenvalue weighted by molar-refractivity contribution is 0.275. The number of nitrogens with zero attached hydrogens (tertiary/aromatic N) is 3. The molecule has 1 aromatic rings. The monoisotopic (exact) mass is 254 g/mol. The van der Waals surface area contributed by atoms with Crippen LogP contribution in [0.25, 0.3) is 0 Å². The lowest BCUT2D eigenvalue weighted by Crippen LogP contribution is -2.50. The number of nitrogens with one attached hydrogen (secondary N) is 1. The summed E-state index contributed by atoms with van der Waals surface area (Å²) in [5, 5.41) is 4.43. The summed E-state index contributed by atoms with van der Waals surface area (Å²) < 4.78 is 0. The van der Waals surface area contributed by atoms with Gasteiger partial charge in [0.15, 0.2) is 5.13 Å². The van der Waals surface area contributed by atoms with Gasteiger partial charge < -0.3 is 15.1 Å². The highest BCUT2D eigenvalue weighted by Crippen LogP contribution is 2.29. The molecule has 1 aliphatic heterocycles. The molecule has 1 fully saturated rings. The third kappa shape index (κ3) is 2.78. The Labute approximate surface area is 108 Å². The molecule has 0 saturated carbocycles. The zero-order valence-electron chi connectivity index (χ0n) is 11.1. The van der Waals surface area contributed by atoms with Crippen LogP contribution in [0.1, 0.15) is 24.8 Å². The van der Waals surface area contributed by atoms with Gasteiger partial charge in [-0.2, -0.15) is 0 Å². The van der Waals surface area contributed by atoms with E-state index in [1.807, 2.05) is 24.6 Å². The number of hydrogen-bond donors (Lipinski definition) is 1. The van der Waals surface area contributed by atoms with E-state index in [9.17, 15) is 0 Å². The van der Waals surface area contributed by atoms with Crippen molar-refractivity contribution < 1.29 is 0 Å². The van der Waals surface area contributed by atoms with Crippen molar-refractivity contribution in [2.24, 2.45) is 0 Å². The summed E-state index contributed by atoms with van der Waals surface area (Å²) in [6.07, 6.45) is 2.01. The van der Waals surface area contributed by atoms with E-state index >= 15 is 0 Å². The maximum Gasteiger partial charge on any atom is 0.185 e. The van der Waals surface area contributed by atoms with Crippen molar-refractivity contribution in [2.75, 3.05) is 38.6 Å². The standard InChI is InChI=1S/C12H22N4S/c1-9-8-15(4)5-6-16(9)12-14-7-11(17-12)10(2)13-3/h7,9-10,13H,5-6,8H2,1-4H3. The van der Waals surface area contributed by atoms with Crippen molar-refractivity contribution in [3.05, 3.63) is 11.1 Å². The van der Waals surface area contributed by atoms with Crippen molar-refractivity contribution in [1.82, 2.24) is 15.2 Å². The minimum Gasteiger partial charge on any atom is -0.343 e. The normalized spacial score (nSPS) is 24.0. The van der Waals surface area contributed by atoms with Crippen molar-refractivity contribution >= 4 is 16.5 Å². The number of likely N-dealkylation sites (N-methyl/N-ethyl adjacent to an activating group) is 1. The topological polar surface area (TPSA) is 31.4 Å². The highest BCUT2D eigenvalue weighted by atomic mass is 32.1. The van der Waals surface area contributed by atoms with Crippen LogP contribution in [0.2, 0.25) is 0 Å². The van der Waals surface area contributed by atoms with Crippen molar-refractivity contribution in [1.29, 1.82) is 0 Å². The molecule has 1 aliphatic rings. The first kappa shape index (κ1) is 12.8.